The standard InChI is InChI=1S/C16H17N5O/c1-20-9-11(8-17-20)16(22)18-12-5-6-14-13(7-12)19-15(21(14)2)10-3-4-10/h5-10H,3-4H2,1-2H3,(H,18,22). The van der Waals surface area contributed by atoms with Crippen LogP contribution in [0.25, 0.3) is 11.0 Å². The van der Waals surface area contributed by atoms with Gasteiger partial charge in [0.05, 0.1) is 22.8 Å². The van der Waals surface area contributed by atoms with Gasteiger partial charge in [-0.2, -0.15) is 5.10 Å². The summed E-state index contributed by atoms with van der Waals surface area (Å²) in [4.78, 5) is 16.9. The Morgan fingerprint density at radius 3 is 2.82 bits per heavy atom. The Bertz CT molecular complexity index is 872. The fourth-order valence-electron chi connectivity index (χ4n) is 2.74. The second-order valence-corrected chi connectivity index (χ2v) is 5.86. The maximum Gasteiger partial charge on any atom is 0.258 e. The Morgan fingerprint density at radius 1 is 1.32 bits per heavy atom. The van der Waals surface area contributed by atoms with Crippen molar-refractivity contribution in [2.75, 3.05) is 5.32 Å². The molecular formula is C16H17N5O. The molecule has 0 unspecified atom stereocenters. The Morgan fingerprint density at radius 2 is 2.14 bits per heavy atom. The van der Waals surface area contributed by atoms with Gasteiger partial charge in [-0.25, -0.2) is 4.98 Å². The largest absolute Gasteiger partial charge is 0.331 e. The number of carbonyl (C=O) groups is 1. The molecule has 1 saturated carbocycles. The van der Waals surface area contributed by atoms with Gasteiger partial charge in [0.2, 0.25) is 0 Å². The van der Waals surface area contributed by atoms with Crippen LogP contribution in [0.4, 0.5) is 5.69 Å². The lowest BCUT2D eigenvalue weighted by Crippen LogP contribution is -2.10. The molecule has 2 aromatic heterocycles. The number of nitrogens with zero attached hydrogens (tertiary/aromatic N) is 4. The van der Waals surface area contributed by atoms with Crippen molar-refractivity contribution in [1.29, 1.82) is 0 Å². The van der Waals surface area contributed by atoms with E-state index in [2.05, 4.69) is 22.0 Å². The highest BCUT2D eigenvalue weighted by Gasteiger charge is 2.28. The Labute approximate surface area is 127 Å². The minimum atomic E-state index is -0.161. The van der Waals surface area contributed by atoms with Gasteiger partial charge >= 0.3 is 0 Å². The highest BCUT2D eigenvalue weighted by atomic mass is 16.1. The summed E-state index contributed by atoms with van der Waals surface area (Å²) in [6.45, 7) is 0. The van der Waals surface area contributed by atoms with Crippen molar-refractivity contribution >= 4 is 22.6 Å². The third-order valence-electron chi connectivity index (χ3n) is 4.08. The van der Waals surface area contributed by atoms with Gasteiger partial charge in [0.15, 0.2) is 0 Å². The summed E-state index contributed by atoms with van der Waals surface area (Å²) in [6.07, 6.45) is 5.70. The number of anilines is 1. The van der Waals surface area contributed by atoms with Gasteiger partial charge in [-0.15, -0.1) is 0 Å². The number of aromatic nitrogens is 4. The van der Waals surface area contributed by atoms with E-state index in [4.69, 9.17) is 4.98 Å². The SMILES string of the molecule is Cn1cc(C(=O)Nc2ccc3c(c2)nc(C2CC2)n3C)cn1. The van der Waals surface area contributed by atoms with Crippen LogP contribution in [0.15, 0.2) is 30.6 Å². The third kappa shape index (κ3) is 2.16. The molecule has 6 nitrogen and oxygen atoms in total. The van der Waals surface area contributed by atoms with Gasteiger partial charge in [0.25, 0.3) is 5.91 Å². The minimum Gasteiger partial charge on any atom is -0.331 e. The Kier molecular flexibility index (Phi) is 2.79. The molecule has 0 saturated heterocycles. The normalized spacial score (nSPS) is 14.5. The maximum absolute atomic E-state index is 12.2. The van der Waals surface area contributed by atoms with Crippen molar-refractivity contribution in [3.05, 3.63) is 42.0 Å². The second kappa shape index (κ2) is 4.69. The van der Waals surface area contributed by atoms with Crippen molar-refractivity contribution < 1.29 is 4.79 Å². The highest BCUT2D eigenvalue weighted by molar-refractivity contribution is 6.04. The van der Waals surface area contributed by atoms with E-state index in [1.807, 2.05) is 18.2 Å². The molecule has 2 heterocycles. The van der Waals surface area contributed by atoms with E-state index in [0.717, 1.165) is 22.5 Å². The number of hydrogen-bond donors (Lipinski definition) is 1. The molecule has 0 spiro atoms. The average molecular weight is 295 g/mol. The summed E-state index contributed by atoms with van der Waals surface area (Å²) < 4.78 is 3.76. The zero-order chi connectivity index (χ0) is 15.3. The summed E-state index contributed by atoms with van der Waals surface area (Å²) >= 11 is 0. The molecule has 1 amide bonds. The lowest BCUT2D eigenvalue weighted by atomic mass is 10.2. The number of amides is 1. The van der Waals surface area contributed by atoms with Crippen molar-refractivity contribution in [1.82, 2.24) is 19.3 Å². The molecule has 3 aromatic rings. The van der Waals surface area contributed by atoms with Crippen molar-refractivity contribution in [2.45, 2.75) is 18.8 Å². The smallest absolute Gasteiger partial charge is 0.258 e. The second-order valence-electron chi connectivity index (χ2n) is 5.86. The first-order valence-electron chi connectivity index (χ1n) is 7.38. The summed E-state index contributed by atoms with van der Waals surface area (Å²) in [7, 11) is 3.84. The summed E-state index contributed by atoms with van der Waals surface area (Å²) in [5.74, 6) is 1.59. The molecule has 1 aromatic carbocycles. The molecule has 1 fully saturated rings. The number of rotatable bonds is 3. The molecule has 0 bridgehead atoms. The Balaban J connectivity index is 1.63. The van der Waals surface area contributed by atoms with E-state index in [1.165, 1.54) is 12.8 Å². The summed E-state index contributed by atoms with van der Waals surface area (Å²) in [6, 6.07) is 5.84. The van der Waals surface area contributed by atoms with Crippen LogP contribution >= 0.6 is 0 Å². The molecule has 1 aliphatic carbocycles. The minimum absolute atomic E-state index is 0.161. The topological polar surface area (TPSA) is 64.7 Å². The number of nitrogens with one attached hydrogen (secondary N) is 1. The Hall–Kier alpha value is -2.63. The number of hydrogen-bond acceptors (Lipinski definition) is 3. The zero-order valence-electron chi connectivity index (χ0n) is 12.6. The summed E-state index contributed by atoms with van der Waals surface area (Å²) in [5, 5.41) is 6.91. The molecule has 0 atom stereocenters. The van der Waals surface area contributed by atoms with Crippen molar-refractivity contribution in [3.63, 3.8) is 0 Å². The number of fused-ring (bicyclic) bond motifs is 1. The average Bonchev–Trinajstić information content (AvgIpc) is 3.17. The van der Waals surface area contributed by atoms with E-state index in [1.54, 1.807) is 24.1 Å². The van der Waals surface area contributed by atoms with Crippen molar-refractivity contribution in [3.8, 4) is 0 Å². The number of carbonyl (C=O) groups excluding carboxylic acids is 1. The van der Waals surface area contributed by atoms with E-state index in [9.17, 15) is 4.79 Å². The molecule has 6 heteroatoms. The molecule has 0 aliphatic heterocycles. The van der Waals surface area contributed by atoms with Gasteiger partial charge in [-0.3, -0.25) is 9.48 Å². The van der Waals surface area contributed by atoms with Gasteiger partial charge in [-0.05, 0) is 31.0 Å². The number of aryl methyl sites for hydroxylation is 2. The molecule has 1 aliphatic rings. The predicted octanol–water partition coefficient (Wildman–Crippen LogP) is 2.44. The number of benzene rings is 1. The molecule has 1 N–H and O–H groups in total. The molecule has 4 rings (SSSR count). The predicted molar refractivity (Wildman–Crippen MR) is 83.9 cm³/mol. The monoisotopic (exact) mass is 295 g/mol. The van der Waals surface area contributed by atoms with E-state index in [0.29, 0.717) is 11.5 Å². The molecular weight excluding hydrogens is 278 g/mol. The zero-order valence-corrected chi connectivity index (χ0v) is 12.6. The first kappa shape index (κ1) is 13.1. The molecule has 22 heavy (non-hydrogen) atoms. The summed E-state index contributed by atoms with van der Waals surface area (Å²) in [5.41, 5.74) is 3.32. The van der Waals surface area contributed by atoms with Crippen LogP contribution < -0.4 is 5.32 Å². The van der Waals surface area contributed by atoms with E-state index in [-0.39, 0.29) is 5.91 Å². The lowest BCUT2D eigenvalue weighted by Gasteiger charge is -2.04. The molecule has 112 valence electrons. The lowest BCUT2D eigenvalue weighted by molar-refractivity contribution is 0.102. The van der Waals surface area contributed by atoms with Crippen LogP contribution in [0.1, 0.15) is 34.9 Å². The van der Waals surface area contributed by atoms with Crippen LogP contribution in [0.2, 0.25) is 0 Å². The van der Waals surface area contributed by atoms with Crippen LogP contribution in [0.3, 0.4) is 0 Å². The quantitative estimate of drug-likeness (QED) is 0.807. The highest BCUT2D eigenvalue weighted by Crippen LogP contribution is 2.40. The van der Waals surface area contributed by atoms with Gasteiger partial charge in [0.1, 0.15) is 5.82 Å². The van der Waals surface area contributed by atoms with E-state index >= 15 is 0 Å². The first-order chi connectivity index (χ1) is 10.6. The van der Waals surface area contributed by atoms with Gasteiger partial charge < -0.3 is 9.88 Å². The fourth-order valence-corrected chi connectivity index (χ4v) is 2.74. The van der Waals surface area contributed by atoms with Crippen LogP contribution in [0, 0.1) is 0 Å². The fraction of sp³-hybridized carbons (Fsp3) is 0.312. The molecule has 0 radical (unpaired) electrons. The maximum atomic E-state index is 12.2. The van der Waals surface area contributed by atoms with E-state index < -0.39 is 0 Å². The first-order valence-corrected chi connectivity index (χ1v) is 7.38. The van der Waals surface area contributed by atoms with Gasteiger partial charge in [0, 0.05) is 31.9 Å². The van der Waals surface area contributed by atoms with Gasteiger partial charge in [-0.1, -0.05) is 0 Å². The third-order valence-corrected chi connectivity index (χ3v) is 4.08. The van der Waals surface area contributed by atoms with Crippen LogP contribution in [0.5, 0.6) is 0 Å². The van der Waals surface area contributed by atoms with Crippen LogP contribution in [-0.2, 0) is 14.1 Å². The van der Waals surface area contributed by atoms with Crippen molar-refractivity contribution in [2.24, 2.45) is 14.1 Å². The van der Waals surface area contributed by atoms with Crippen LogP contribution in [-0.4, -0.2) is 25.2 Å². The number of imidazole rings is 1.